The van der Waals surface area contributed by atoms with E-state index in [2.05, 4.69) is 5.32 Å². The number of carbonyl (C=O) groups excluding carboxylic acids is 2. The summed E-state index contributed by atoms with van der Waals surface area (Å²) in [4.78, 5) is 26.5. The zero-order chi connectivity index (χ0) is 14.8. The maximum absolute atomic E-state index is 12.1. The van der Waals surface area contributed by atoms with Gasteiger partial charge in [-0.05, 0) is 23.6 Å². The van der Waals surface area contributed by atoms with Gasteiger partial charge in [-0.3, -0.25) is 9.59 Å². The summed E-state index contributed by atoms with van der Waals surface area (Å²) in [5.41, 5.74) is 0.604. The molecule has 0 bridgehead atoms. The van der Waals surface area contributed by atoms with Crippen LogP contribution in [-0.2, 0) is 4.79 Å². The van der Waals surface area contributed by atoms with E-state index in [1.807, 2.05) is 23.6 Å². The molecule has 0 atom stereocenters. The molecule has 0 aliphatic carbocycles. The van der Waals surface area contributed by atoms with Crippen molar-refractivity contribution in [1.29, 1.82) is 0 Å². The molecule has 108 valence electrons. The number of rotatable bonds is 3. The van der Waals surface area contributed by atoms with E-state index in [1.165, 1.54) is 11.3 Å². The van der Waals surface area contributed by atoms with Gasteiger partial charge in [0.2, 0.25) is 5.91 Å². The Hall–Kier alpha value is -1.85. The average Bonchev–Trinajstić information content (AvgIpc) is 2.93. The van der Waals surface area contributed by atoms with Crippen molar-refractivity contribution in [3.8, 4) is 0 Å². The van der Waals surface area contributed by atoms with Gasteiger partial charge in [-0.1, -0.05) is 29.8 Å². The molecule has 2 heterocycles. The number of nitrogens with one attached hydrogen (secondary N) is 1. The van der Waals surface area contributed by atoms with Gasteiger partial charge in [0.15, 0.2) is 0 Å². The Balaban J connectivity index is 1.55. The Morgan fingerprint density at radius 2 is 1.95 bits per heavy atom. The molecule has 2 amide bonds. The van der Waals surface area contributed by atoms with E-state index in [1.54, 1.807) is 23.1 Å². The fraction of sp³-hybridized carbons (Fsp3) is 0.200. The number of anilines is 1. The summed E-state index contributed by atoms with van der Waals surface area (Å²) in [7, 11) is 0. The third-order valence-corrected chi connectivity index (χ3v) is 4.59. The van der Waals surface area contributed by atoms with Gasteiger partial charge in [-0.25, -0.2) is 0 Å². The molecule has 1 fully saturated rings. The number of thiophene rings is 1. The number of hydrogen-bond acceptors (Lipinski definition) is 3. The van der Waals surface area contributed by atoms with Gasteiger partial charge in [-0.15, -0.1) is 11.3 Å². The number of likely N-dealkylation sites (tertiary alicyclic amines) is 1. The molecule has 6 heteroatoms. The molecule has 0 saturated carbocycles. The van der Waals surface area contributed by atoms with Crippen LogP contribution in [0.15, 0.2) is 41.8 Å². The van der Waals surface area contributed by atoms with Crippen molar-refractivity contribution in [2.45, 2.75) is 0 Å². The highest BCUT2D eigenvalue weighted by molar-refractivity contribution is 7.12. The van der Waals surface area contributed by atoms with Crippen molar-refractivity contribution in [1.82, 2.24) is 4.90 Å². The second-order valence-electron chi connectivity index (χ2n) is 4.85. The van der Waals surface area contributed by atoms with Gasteiger partial charge < -0.3 is 10.2 Å². The third-order valence-electron chi connectivity index (χ3n) is 3.40. The second-order valence-corrected chi connectivity index (χ2v) is 6.21. The van der Waals surface area contributed by atoms with Crippen LogP contribution in [0.1, 0.15) is 9.67 Å². The lowest BCUT2D eigenvalue weighted by Gasteiger charge is -2.37. The van der Waals surface area contributed by atoms with Crippen molar-refractivity contribution >= 4 is 40.4 Å². The fourth-order valence-corrected chi connectivity index (χ4v) is 3.04. The van der Waals surface area contributed by atoms with Crippen LogP contribution in [-0.4, -0.2) is 29.8 Å². The Morgan fingerprint density at radius 3 is 2.62 bits per heavy atom. The quantitative estimate of drug-likeness (QED) is 0.944. The van der Waals surface area contributed by atoms with Gasteiger partial charge in [-0.2, -0.15) is 0 Å². The summed E-state index contributed by atoms with van der Waals surface area (Å²) in [6, 6.07) is 10.7. The molecular formula is C15H13ClN2O2S. The summed E-state index contributed by atoms with van der Waals surface area (Å²) in [5.74, 6) is -0.282. The maximum Gasteiger partial charge on any atom is 0.263 e. The van der Waals surface area contributed by atoms with Gasteiger partial charge in [0, 0.05) is 13.1 Å². The van der Waals surface area contributed by atoms with Crippen LogP contribution in [0.5, 0.6) is 0 Å². The van der Waals surface area contributed by atoms with Crippen LogP contribution < -0.4 is 5.32 Å². The standard InChI is InChI=1S/C15H13ClN2O2S/c16-11-4-1-2-5-12(11)17-14(19)10-8-18(9-10)15(20)13-6-3-7-21-13/h1-7,10H,8-9H2,(H,17,19). The first kappa shape index (κ1) is 14.1. The molecule has 4 nitrogen and oxygen atoms in total. The summed E-state index contributed by atoms with van der Waals surface area (Å²) < 4.78 is 0. The zero-order valence-corrected chi connectivity index (χ0v) is 12.7. The Morgan fingerprint density at radius 1 is 1.19 bits per heavy atom. The van der Waals surface area contributed by atoms with Crippen LogP contribution in [0.25, 0.3) is 0 Å². The Kier molecular flexibility index (Phi) is 3.94. The van der Waals surface area contributed by atoms with Crippen molar-refractivity contribution in [2.24, 2.45) is 5.92 Å². The van der Waals surface area contributed by atoms with Crippen LogP contribution in [0.3, 0.4) is 0 Å². The first-order valence-electron chi connectivity index (χ1n) is 6.53. The lowest BCUT2D eigenvalue weighted by atomic mass is 9.98. The van der Waals surface area contributed by atoms with Gasteiger partial charge in [0.05, 0.1) is 21.5 Å². The predicted molar refractivity (Wildman–Crippen MR) is 83.8 cm³/mol. The molecule has 1 aromatic carbocycles. The molecule has 1 saturated heterocycles. The molecule has 0 unspecified atom stereocenters. The van der Waals surface area contributed by atoms with Gasteiger partial charge in [0.25, 0.3) is 5.91 Å². The number of halogens is 1. The molecule has 0 radical (unpaired) electrons. The average molecular weight is 321 g/mol. The summed E-state index contributed by atoms with van der Waals surface area (Å²) in [6.45, 7) is 0.903. The number of para-hydroxylation sites is 1. The molecule has 2 aromatic rings. The molecule has 3 rings (SSSR count). The van der Waals surface area contributed by atoms with Gasteiger partial charge in [0.1, 0.15) is 0 Å². The molecule has 0 spiro atoms. The van der Waals surface area contributed by atoms with Gasteiger partial charge >= 0.3 is 0 Å². The highest BCUT2D eigenvalue weighted by atomic mass is 35.5. The molecule has 1 N–H and O–H groups in total. The van der Waals surface area contributed by atoms with E-state index >= 15 is 0 Å². The SMILES string of the molecule is O=C(Nc1ccccc1Cl)C1CN(C(=O)c2cccs2)C1. The lowest BCUT2D eigenvalue weighted by Crippen LogP contribution is -2.54. The summed E-state index contributed by atoms with van der Waals surface area (Å²) in [6.07, 6.45) is 0. The zero-order valence-electron chi connectivity index (χ0n) is 11.1. The van der Waals surface area contributed by atoms with Crippen molar-refractivity contribution in [2.75, 3.05) is 18.4 Å². The number of amides is 2. The highest BCUT2D eigenvalue weighted by Crippen LogP contribution is 2.25. The molecule has 21 heavy (non-hydrogen) atoms. The minimum Gasteiger partial charge on any atom is -0.336 e. The van der Waals surface area contributed by atoms with Crippen LogP contribution in [0.4, 0.5) is 5.69 Å². The van der Waals surface area contributed by atoms with Crippen molar-refractivity contribution in [3.63, 3.8) is 0 Å². The third kappa shape index (κ3) is 2.94. The largest absolute Gasteiger partial charge is 0.336 e. The monoisotopic (exact) mass is 320 g/mol. The van der Waals surface area contributed by atoms with Crippen LogP contribution in [0.2, 0.25) is 5.02 Å². The van der Waals surface area contributed by atoms with Crippen molar-refractivity contribution < 1.29 is 9.59 Å². The van der Waals surface area contributed by atoms with E-state index in [4.69, 9.17) is 11.6 Å². The topological polar surface area (TPSA) is 49.4 Å². The number of nitrogens with zero attached hydrogens (tertiary/aromatic N) is 1. The molecule has 1 aliphatic rings. The predicted octanol–water partition coefficient (Wildman–Crippen LogP) is 3.11. The minimum atomic E-state index is -0.176. The molecular weight excluding hydrogens is 308 g/mol. The van der Waals surface area contributed by atoms with Crippen LogP contribution in [0, 0.1) is 5.92 Å². The first-order chi connectivity index (χ1) is 10.1. The highest BCUT2D eigenvalue weighted by Gasteiger charge is 2.36. The molecule has 1 aliphatic heterocycles. The minimum absolute atomic E-state index is 0.00760. The van der Waals surface area contributed by atoms with E-state index in [0.29, 0.717) is 28.7 Å². The Labute approximate surface area is 131 Å². The number of benzene rings is 1. The van der Waals surface area contributed by atoms with E-state index in [0.717, 1.165) is 0 Å². The van der Waals surface area contributed by atoms with Crippen molar-refractivity contribution in [3.05, 3.63) is 51.7 Å². The summed E-state index contributed by atoms with van der Waals surface area (Å²) >= 11 is 7.42. The van der Waals surface area contributed by atoms with E-state index < -0.39 is 0 Å². The maximum atomic E-state index is 12.1. The Bertz CT molecular complexity index is 666. The van der Waals surface area contributed by atoms with E-state index in [9.17, 15) is 9.59 Å². The normalized spacial score (nSPS) is 14.6. The molecule has 1 aromatic heterocycles. The van der Waals surface area contributed by atoms with Crippen LogP contribution >= 0.6 is 22.9 Å². The number of carbonyl (C=O) groups is 2. The smallest absolute Gasteiger partial charge is 0.263 e. The number of hydrogen-bond donors (Lipinski definition) is 1. The second kappa shape index (κ2) is 5.87. The fourth-order valence-electron chi connectivity index (χ4n) is 2.16. The first-order valence-corrected chi connectivity index (χ1v) is 7.79. The lowest BCUT2D eigenvalue weighted by molar-refractivity contribution is -0.123. The van der Waals surface area contributed by atoms with E-state index in [-0.39, 0.29) is 17.7 Å². The summed E-state index contributed by atoms with van der Waals surface area (Å²) in [5, 5.41) is 5.18.